The smallest absolute Gasteiger partial charge is 0.164 e. The third-order valence-electron chi connectivity index (χ3n) is 3.16. The van der Waals surface area contributed by atoms with E-state index in [2.05, 4.69) is 19.1 Å². The topological polar surface area (TPSA) is 38.7 Å². The molecule has 1 aliphatic rings. The molecule has 1 N–H and O–H groups in total. The van der Waals surface area contributed by atoms with Crippen molar-refractivity contribution >= 4 is 0 Å². The molecule has 3 heteroatoms. The van der Waals surface area contributed by atoms with E-state index in [1.807, 2.05) is 19.9 Å². The molecular weight excluding hydrogens is 240 g/mol. The lowest BCUT2D eigenvalue weighted by atomic mass is 10.1. The van der Waals surface area contributed by atoms with Gasteiger partial charge in [-0.1, -0.05) is 44.1 Å². The molecule has 2 atom stereocenters. The molecule has 1 heterocycles. The minimum absolute atomic E-state index is 0.0415. The fourth-order valence-electron chi connectivity index (χ4n) is 2.26. The molecule has 0 spiro atoms. The van der Waals surface area contributed by atoms with E-state index in [0.29, 0.717) is 0 Å². The highest BCUT2D eigenvalue weighted by Gasteiger charge is 2.38. The number of unbranched alkanes of at least 4 members (excludes halogenated alkanes) is 3. The maximum atomic E-state index is 8.84. The highest BCUT2D eigenvalue weighted by Crippen LogP contribution is 2.30. The Kier molecular flexibility index (Phi) is 7.36. The van der Waals surface area contributed by atoms with Crippen molar-refractivity contribution in [3.05, 3.63) is 24.3 Å². The maximum absolute atomic E-state index is 8.84. The molecule has 0 saturated carbocycles. The Hall–Kier alpha value is -0.640. The van der Waals surface area contributed by atoms with E-state index in [-0.39, 0.29) is 18.8 Å². The number of ether oxygens (including phenoxy) is 2. The van der Waals surface area contributed by atoms with Crippen molar-refractivity contribution in [3.63, 3.8) is 0 Å². The number of rotatable bonds is 8. The van der Waals surface area contributed by atoms with Gasteiger partial charge in [-0.25, -0.2) is 0 Å². The van der Waals surface area contributed by atoms with Crippen LogP contribution in [0.4, 0.5) is 0 Å². The van der Waals surface area contributed by atoms with Crippen molar-refractivity contribution in [1.29, 1.82) is 0 Å². The Bertz CT molecular complexity index is 294. The second-order valence-corrected chi connectivity index (χ2v) is 5.45. The van der Waals surface area contributed by atoms with Crippen LogP contribution in [-0.2, 0) is 9.47 Å². The lowest BCUT2D eigenvalue weighted by Gasteiger charge is -2.16. The van der Waals surface area contributed by atoms with Crippen LogP contribution in [0.2, 0.25) is 0 Å². The van der Waals surface area contributed by atoms with E-state index in [1.54, 1.807) is 6.08 Å². The zero-order valence-corrected chi connectivity index (χ0v) is 12.5. The van der Waals surface area contributed by atoms with E-state index in [1.165, 1.54) is 19.3 Å². The fourth-order valence-corrected chi connectivity index (χ4v) is 2.26. The summed E-state index contributed by atoms with van der Waals surface area (Å²) in [6.07, 6.45) is 13.8. The number of hydrogen-bond acceptors (Lipinski definition) is 3. The van der Waals surface area contributed by atoms with E-state index < -0.39 is 5.79 Å². The van der Waals surface area contributed by atoms with Crippen LogP contribution in [0.3, 0.4) is 0 Å². The first-order valence-electron chi connectivity index (χ1n) is 7.37. The predicted molar refractivity (Wildman–Crippen MR) is 77.9 cm³/mol. The molecule has 0 aliphatic carbocycles. The molecule has 19 heavy (non-hydrogen) atoms. The first kappa shape index (κ1) is 16.4. The van der Waals surface area contributed by atoms with E-state index in [4.69, 9.17) is 14.6 Å². The van der Waals surface area contributed by atoms with E-state index >= 15 is 0 Å². The standard InChI is InChI=1S/C16H28O3/c1-4-5-6-7-8-9-11-14-15(12-10-13-17)19-16(2,3)18-14/h8-10,12,14-15,17H,4-7,11,13H2,1-3H3/b9-8-,12-10+/t14-,15+/m1/s1. The molecule has 0 aromatic heterocycles. The molecule has 3 nitrogen and oxygen atoms in total. The summed E-state index contributed by atoms with van der Waals surface area (Å²) >= 11 is 0. The molecule has 0 unspecified atom stereocenters. The normalized spacial score (nSPS) is 26.7. The van der Waals surface area contributed by atoms with Gasteiger partial charge in [0, 0.05) is 0 Å². The van der Waals surface area contributed by atoms with Gasteiger partial charge >= 0.3 is 0 Å². The van der Waals surface area contributed by atoms with Crippen LogP contribution in [-0.4, -0.2) is 29.7 Å². The molecular formula is C16H28O3. The molecule has 0 aromatic rings. The largest absolute Gasteiger partial charge is 0.392 e. The second kappa shape index (κ2) is 8.51. The highest BCUT2D eigenvalue weighted by atomic mass is 16.7. The van der Waals surface area contributed by atoms with Gasteiger partial charge in [-0.15, -0.1) is 0 Å². The monoisotopic (exact) mass is 268 g/mol. The fraction of sp³-hybridized carbons (Fsp3) is 0.750. The Morgan fingerprint density at radius 1 is 1.11 bits per heavy atom. The molecule has 110 valence electrons. The minimum atomic E-state index is -0.537. The molecule has 0 bridgehead atoms. The first-order valence-corrected chi connectivity index (χ1v) is 7.37. The average Bonchev–Trinajstić information content (AvgIpc) is 2.66. The summed E-state index contributed by atoms with van der Waals surface area (Å²) in [6.45, 7) is 6.11. The Morgan fingerprint density at radius 2 is 1.89 bits per heavy atom. The summed E-state index contributed by atoms with van der Waals surface area (Å²) in [6, 6.07) is 0. The average molecular weight is 268 g/mol. The zero-order chi connectivity index (χ0) is 14.1. The minimum Gasteiger partial charge on any atom is -0.392 e. The van der Waals surface area contributed by atoms with Crippen LogP contribution in [0, 0.1) is 0 Å². The van der Waals surface area contributed by atoms with Crippen molar-refractivity contribution in [2.75, 3.05) is 6.61 Å². The van der Waals surface area contributed by atoms with Crippen molar-refractivity contribution in [2.45, 2.75) is 70.9 Å². The number of aliphatic hydroxyl groups excluding tert-OH is 1. The zero-order valence-electron chi connectivity index (χ0n) is 12.5. The van der Waals surface area contributed by atoms with Crippen LogP contribution < -0.4 is 0 Å². The van der Waals surface area contributed by atoms with Gasteiger partial charge in [0.2, 0.25) is 0 Å². The lowest BCUT2D eigenvalue weighted by molar-refractivity contribution is -0.142. The predicted octanol–water partition coefficient (Wildman–Crippen LogP) is 3.58. The van der Waals surface area contributed by atoms with Gasteiger partial charge < -0.3 is 14.6 Å². The number of aliphatic hydroxyl groups is 1. The Labute approximate surface area is 117 Å². The second-order valence-electron chi connectivity index (χ2n) is 5.45. The molecule has 1 rings (SSSR count). The molecule has 1 saturated heterocycles. The maximum Gasteiger partial charge on any atom is 0.164 e. The van der Waals surface area contributed by atoms with Crippen LogP contribution in [0.5, 0.6) is 0 Å². The lowest BCUT2D eigenvalue weighted by Crippen LogP contribution is -2.21. The van der Waals surface area contributed by atoms with Gasteiger partial charge in [0.15, 0.2) is 5.79 Å². The summed E-state index contributed by atoms with van der Waals surface area (Å²) in [4.78, 5) is 0. The summed E-state index contributed by atoms with van der Waals surface area (Å²) in [5, 5.41) is 8.84. The van der Waals surface area contributed by atoms with Crippen LogP contribution in [0.15, 0.2) is 24.3 Å². The molecule has 0 radical (unpaired) electrons. The van der Waals surface area contributed by atoms with Gasteiger partial charge in [-0.05, 0) is 33.1 Å². The summed E-state index contributed by atoms with van der Waals surface area (Å²) in [7, 11) is 0. The number of hydrogen-bond donors (Lipinski definition) is 1. The van der Waals surface area contributed by atoms with Gasteiger partial charge in [0.25, 0.3) is 0 Å². The summed E-state index contributed by atoms with van der Waals surface area (Å²) in [5.74, 6) is -0.537. The highest BCUT2D eigenvalue weighted by molar-refractivity contribution is 5.00. The Morgan fingerprint density at radius 3 is 2.58 bits per heavy atom. The van der Waals surface area contributed by atoms with Crippen molar-refractivity contribution in [2.24, 2.45) is 0 Å². The van der Waals surface area contributed by atoms with Crippen LogP contribution in [0.25, 0.3) is 0 Å². The van der Waals surface area contributed by atoms with Gasteiger partial charge in [-0.3, -0.25) is 0 Å². The van der Waals surface area contributed by atoms with Gasteiger partial charge in [-0.2, -0.15) is 0 Å². The molecule has 1 aliphatic heterocycles. The van der Waals surface area contributed by atoms with E-state index in [9.17, 15) is 0 Å². The Balaban J connectivity index is 2.38. The third kappa shape index (κ3) is 6.37. The van der Waals surface area contributed by atoms with E-state index in [0.717, 1.165) is 12.8 Å². The van der Waals surface area contributed by atoms with Crippen molar-refractivity contribution < 1.29 is 14.6 Å². The van der Waals surface area contributed by atoms with Crippen molar-refractivity contribution in [1.82, 2.24) is 0 Å². The first-order chi connectivity index (χ1) is 9.09. The van der Waals surface area contributed by atoms with Gasteiger partial charge in [0.05, 0.1) is 12.7 Å². The van der Waals surface area contributed by atoms with Crippen LogP contribution in [0.1, 0.15) is 52.9 Å². The summed E-state index contributed by atoms with van der Waals surface area (Å²) < 4.78 is 11.7. The SMILES string of the molecule is CCCCC/C=C\C[C@H]1OC(C)(C)O[C@H]1/C=C/CO. The number of allylic oxidation sites excluding steroid dienone is 1. The third-order valence-corrected chi connectivity index (χ3v) is 3.16. The van der Waals surface area contributed by atoms with Gasteiger partial charge in [0.1, 0.15) is 6.10 Å². The molecule has 1 fully saturated rings. The van der Waals surface area contributed by atoms with Crippen LogP contribution >= 0.6 is 0 Å². The molecule has 0 aromatic carbocycles. The summed E-state index contributed by atoms with van der Waals surface area (Å²) in [5.41, 5.74) is 0. The molecule has 0 amide bonds. The quantitative estimate of drug-likeness (QED) is 0.540. The van der Waals surface area contributed by atoms with Crippen molar-refractivity contribution in [3.8, 4) is 0 Å².